The third-order valence-corrected chi connectivity index (χ3v) is 3.88. The van der Waals surface area contributed by atoms with Crippen LogP contribution < -0.4 is 5.32 Å². The summed E-state index contributed by atoms with van der Waals surface area (Å²) >= 11 is 0. The molecule has 0 radical (unpaired) electrons. The molecule has 0 amide bonds. The van der Waals surface area contributed by atoms with E-state index in [0.717, 1.165) is 25.6 Å². The first kappa shape index (κ1) is 18.3. The van der Waals surface area contributed by atoms with Gasteiger partial charge in [0.15, 0.2) is 0 Å². The van der Waals surface area contributed by atoms with Crippen molar-refractivity contribution in [1.29, 1.82) is 0 Å². The molecular weight excluding hydrogens is 317 g/mol. The van der Waals surface area contributed by atoms with E-state index >= 15 is 0 Å². The fourth-order valence-electron chi connectivity index (χ4n) is 2.42. The average Bonchev–Trinajstić information content (AvgIpc) is 2.45. The van der Waals surface area contributed by atoms with Crippen molar-refractivity contribution in [2.45, 2.75) is 45.3 Å². The van der Waals surface area contributed by atoms with E-state index in [0.29, 0.717) is 5.69 Å². The predicted octanol–water partition coefficient (Wildman–Crippen LogP) is 4.56. The van der Waals surface area contributed by atoms with E-state index in [4.69, 9.17) is 0 Å². The molecule has 24 heavy (non-hydrogen) atoms. The molecule has 130 valence electrons. The molecule has 0 fully saturated rings. The normalized spacial score (nSPS) is 13.7. The van der Waals surface area contributed by atoms with Gasteiger partial charge in [0.25, 0.3) is 0 Å². The van der Waals surface area contributed by atoms with Crippen LogP contribution in [-0.4, -0.2) is 15.7 Å². The lowest BCUT2D eigenvalue weighted by Gasteiger charge is -2.30. The van der Waals surface area contributed by atoms with Gasteiger partial charge in [-0.3, -0.25) is 4.98 Å². The van der Waals surface area contributed by atoms with Crippen LogP contribution in [0.25, 0.3) is 0 Å². The fourth-order valence-corrected chi connectivity index (χ4v) is 2.42. The molecule has 2 rings (SSSR count). The Morgan fingerprint density at radius 2 is 1.88 bits per heavy atom. The van der Waals surface area contributed by atoms with E-state index in [1.54, 1.807) is 25.3 Å². The minimum atomic E-state index is -3.71. The molecule has 0 aliphatic rings. The number of alkyl halides is 2. The zero-order chi connectivity index (χ0) is 18.1. The van der Waals surface area contributed by atoms with Gasteiger partial charge in [0.1, 0.15) is 11.4 Å². The van der Waals surface area contributed by atoms with Gasteiger partial charge in [0.05, 0.1) is 11.6 Å². The van der Waals surface area contributed by atoms with Gasteiger partial charge in [0.2, 0.25) is 0 Å². The molecule has 6 heteroatoms. The summed E-state index contributed by atoms with van der Waals surface area (Å²) in [6.45, 7) is 5.42. The van der Waals surface area contributed by atoms with Crippen molar-refractivity contribution in [3.63, 3.8) is 0 Å². The smallest absolute Gasteiger partial charge is 0.303 e. The summed E-state index contributed by atoms with van der Waals surface area (Å²) < 4.78 is 43.3. The number of hydrogen-bond acceptors (Lipinski definition) is 3. The molecule has 0 bridgehead atoms. The number of aryl methyl sites for hydroxylation is 1. The standard InChI is InChI=1S/C18H21F3N2O/c1-11-10-13(8-9-22-11)23-12(2)14-6-5-7-15(16(14)19)18(20,21)17(3,4)24/h5-10,12,24H,1-4H3,(H,22,23). The second-order valence-corrected chi connectivity index (χ2v) is 6.39. The van der Waals surface area contributed by atoms with Gasteiger partial charge in [-0.15, -0.1) is 0 Å². The highest BCUT2D eigenvalue weighted by Gasteiger charge is 2.49. The van der Waals surface area contributed by atoms with Crippen molar-refractivity contribution in [2.24, 2.45) is 0 Å². The maximum Gasteiger partial charge on any atom is 0.303 e. The summed E-state index contributed by atoms with van der Waals surface area (Å²) in [5.74, 6) is -4.73. The lowest BCUT2D eigenvalue weighted by Crippen LogP contribution is -2.41. The summed E-state index contributed by atoms with van der Waals surface area (Å²) in [5.41, 5.74) is -1.58. The van der Waals surface area contributed by atoms with Crippen molar-refractivity contribution >= 4 is 5.69 Å². The quantitative estimate of drug-likeness (QED) is 0.840. The molecule has 1 heterocycles. The van der Waals surface area contributed by atoms with Crippen LogP contribution in [0.2, 0.25) is 0 Å². The summed E-state index contributed by atoms with van der Waals surface area (Å²) in [6, 6.07) is 6.78. The third-order valence-electron chi connectivity index (χ3n) is 3.88. The highest BCUT2D eigenvalue weighted by Crippen LogP contribution is 2.41. The Balaban J connectivity index is 2.37. The number of halogens is 3. The van der Waals surface area contributed by atoms with Crippen LogP contribution in [0.3, 0.4) is 0 Å². The van der Waals surface area contributed by atoms with E-state index in [-0.39, 0.29) is 5.56 Å². The summed E-state index contributed by atoms with van der Waals surface area (Å²) in [5, 5.41) is 12.7. The molecule has 0 spiro atoms. The molecule has 0 saturated carbocycles. The third kappa shape index (κ3) is 3.53. The highest BCUT2D eigenvalue weighted by atomic mass is 19.3. The Morgan fingerprint density at radius 1 is 1.21 bits per heavy atom. The molecule has 2 N–H and O–H groups in total. The minimum absolute atomic E-state index is 0.103. The number of pyridine rings is 1. The van der Waals surface area contributed by atoms with E-state index in [1.807, 2.05) is 6.92 Å². The van der Waals surface area contributed by atoms with Crippen LogP contribution in [0.1, 0.15) is 43.6 Å². The Hall–Kier alpha value is -2.08. The number of nitrogens with zero attached hydrogens (tertiary/aromatic N) is 1. The van der Waals surface area contributed by atoms with Crippen LogP contribution in [0.4, 0.5) is 18.9 Å². The molecule has 1 aromatic carbocycles. The van der Waals surface area contributed by atoms with Crippen molar-refractivity contribution in [3.05, 3.63) is 59.2 Å². The molecule has 1 atom stereocenters. The topological polar surface area (TPSA) is 45.1 Å². The number of hydrogen-bond donors (Lipinski definition) is 2. The second-order valence-electron chi connectivity index (χ2n) is 6.39. The fraction of sp³-hybridized carbons (Fsp3) is 0.389. The minimum Gasteiger partial charge on any atom is -0.384 e. The highest BCUT2D eigenvalue weighted by molar-refractivity contribution is 5.46. The van der Waals surface area contributed by atoms with E-state index in [2.05, 4.69) is 10.3 Å². The number of anilines is 1. The van der Waals surface area contributed by atoms with E-state index < -0.39 is 28.9 Å². The van der Waals surface area contributed by atoms with Crippen molar-refractivity contribution < 1.29 is 18.3 Å². The molecule has 0 aliphatic carbocycles. The summed E-state index contributed by atoms with van der Waals surface area (Å²) in [7, 11) is 0. The van der Waals surface area contributed by atoms with Gasteiger partial charge in [-0.25, -0.2) is 4.39 Å². The van der Waals surface area contributed by atoms with Gasteiger partial charge < -0.3 is 10.4 Å². The lowest BCUT2D eigenvalue weighted by atomic mass is 9.91. The lowest BCUT2D eigenvalue weighted by molar-refractivity contribution is -0.170. The maximum absolute atomic E-state index is 14.7. The Labute approximate surface area is 139 Å². The SMILES string of the molecule is Cc1cc(NC(C)c2cccc(C(F)(F)C(C)(C)O)c2F)ccn1. The molecule has 1 aromatic heterocycles. The number of benzene rings is 1. The second kappa shape index (κ2) is 6.43. The van der Waals surface area contributed by atoms with Crippen LogP contribution in [-0.2, 0) is 5.92 Å². The van der Waals surface area contributed by atoms with Crippen molar-refractivity contribution in [1.82, 2.24) is 4.98 Å². The molecule has 1 unspecified atom stereocenters. The van der Waals surface area contributed by atoms with Gasteiger partial charge >= 0.3 is 5.92 Å². The van der Waals surface area contributed by atoms with Crippen LogP contribution in [0, 0.1) is 12.7 Å². The Kier molecular flexibility index (Phi) is 4.90. The predicted molar refractivity (Wildman–Crippen MR) is 87.6 cm³/mol. The molecular formula is C18H21F3N2O. The zero-order valence-electron chi connectivity index (χ0n) is 14.1. The monoisotopic (exact) mass is 338 g/mol. The molecule has 0 saturated heterocycles. The van der Waals surface area contributed by atoms with Gasteiger partial charge in [-0.2, -0.15) is 8.78 Å². The first-order valence-electron chi connectivity index (χ1n) is 7.62. The van der Waals surface area contributed by atoms with E-state index in [9.17, 15) is 18.3 Å². The van der Waals surface area contributed by atoms with Crippen LogP contribution >= 0.6 is 0 Å². The first-order valence-corrected chi connectivity index (χ1v) is 7.62. The van der Waals surface area contributed by atoms with Crippen molar-refractivity contribution in [2.75, 3.05) is 5.32 Å². The number of nitrogens with one attached hydrogen (secondary N) is 1. The average molecular weight is 338 g/mol. The van der Waals surface area contributed by atoms with Crippen LogP contribution in [0.15, 0.2) is 36.5 Å². The number of aromatic nitrogens is 1. The molecule has 0 aliphatic heterocycles. The van der Waals surface area contributed by atoms with Crippen molar-refractivity contribution in [3.8, 4) is 0 Å². The van der Waals surface area contributed by atoms with Crippen LogP contribution in [0.5, 0.6) is 0 Å². The van der Waals surface area contributed by atoms with Gasteiger partial charge in [-0.1, -0.05) is 12.1 Å². The molecule has 2 aromatic rings. The van der Waals surface area contributed by atoms with Gasteiger partial charge in [0, 0.05) is 23.1 Å². The summed E-state index contributed by atoms with van der Waals surface area (Å²) in [6.07, 6.45) is 1.61. The number of rotatable bonds is 5. The Morgan fingerprint density at radius 3 is 2.46 bits per heavy atom. The number of aliphatic hydroxyl groups is 1. The first-order chi connectivity index (χ1) is 11.0. The van der Waals surface area contributed by atoms with Gasteiger partial charge in [-0.05, 0) is 45.9 Å². The Bertz CT molecular complexity index is 726. The maximum atomic E-state index is 14.7. The van der Waals surface area contributed by atoms with E-state index in [1.165, 1.54) is 12.1 Å². The summed E-state index contributed by atoms with van der Waals surface area (Å²) in [4.78, 5) is 4.07. The largest absolute Gasteiger partial charge is 0.384 e. The zero-order valence-corrected chi connectivity index (χ0v) is 14.1. The molecule has 3 nitrogen and oxygen atoms in total.